The van der Waals surface area contributed by atoms with E-state index in [-0.39, 0.29) is 5.91 Å². The molecule has 4 heteroatoms. The standard InChI is InChI=1S/C25H25NO3/c1-2-18-28-22-16-14-21(15-17-22)25(27)26-23-12-6-7-13-24(23)29-19-8-11-20-9-4-3-5-10-20/h2-7,9-10,12-17H,1,8,11,18-19H2,(H,26,27). The summed E-state index contributed by atoms with van der Waals surface area (Å²) in [7, 11) is 0. The molecule has 4 nitrogen and oxygen atoms in total. The van der Waals surface area contributed by atoms with Crippen LogP contribution in [0.2, 0.25) is 0 Å². The van der Waals surface area contributed by atoms with Crippen molar-refractivity contribution < 1.29 is 14.3 Å². The summed E-state index contributed by atoms with van der Waals surface area (Å²) >= 11 is 0. The molecule has 3 aromatic rings. The lowest BCUT2D eigenvalue weighted by atomic mass is 10.1. The van der Waals surface area contributed by atoms with E-state index in [4.69, 9.17) is 9.47 Å². The molecule has 29 heavy (non-hydrogen) atoms. The fraction of sp³-hybridized carbons (Fsp3) is 0.160. The minimum atomic E-state index is -0.194. The van der Waals surface area contributed by atoms with Gasteiger partial charge in [-0.05, 0) is 54.8 Å². The van der Waals surface area contributed by atoms with Gasteiger partial charge in [-0.1, -0.05) is 55.1 Å². The summed E-state index contributed by atoms with van der Waals surface area (Å²) in [5.41, 5.74) is 2.50. The Hall–Kier alpha value is -3.53. The number of hydrogen-bond acceptors (Lipinski definition) is 3. The summed E-state index contributed by atoms with van der Waals surface area (Å²) in [6.45, 7) is 4.63. The molecule has 148 valence electrons. The molecule has 0 atom stereocenters. The number of hydrogen-bond donors (Lipinski definition) is 1. The van der Waals surface area contributed by atoms with Crippen LogP contribution in [0, 0.1) is 0 Å². The van der Waals surface area contributed by atoms with Crippen LogP contribution < -0.4 is 14.8 Å². The minimum absolute atomic E-state index is 0.194. The van der Waals surface area contributed by atoms with Gasteiger partial charge >= 0.3 is 0 Å². The first-order valence-corrected chi connectivity index (χ1v) is 9.67. The van der Waals surface area contributed by atoms with E-state index in [0.29, 0.717) is 36.0 Å². The van der Waals surface area contributed by atoms with Crippen molar-refractivity contribution in [3.63, 3.8) is 0 Å². The predicted molar refractivity (Wildman–Crippen MR) is 117 cm³/mol. The van der Waals surface area contributed by atoms with Gasteiger partial charge in [-0.15, -0.1) is 0 Å². The Kier molecular flexibility index (Phi) is 7.47. The van der Waals surface area contributed by atoms with E-state index in [1.807, 2.05) is 42.5 Å². The quantitative estimate of drug-likeness (QED) is 0.368. The van der Waals surface area contributed by atoms with E-state index in [1.165, 1.54) is 5.56 Å². The van der Waals surface area contributed by atoms with Crippen molar-refractivity contribution in [1.29, 1.82) is 0 Å². The zero-order chi connectivity index (χ0) is 20.3. The van der Waals surface area contributed by atoms with Gasteiger partial charge in [0.2, 0.25) is 0 Å². The van der Waals surface area contributed by atoms with Crippen molar-refractivity contribution in [2.75, 3.05) is 18.5 Å². The van der Waals surface area contributed by atoms with Crippen molar-refractivity contribution in [2.45, 2.75) is 12.8 Å². The molecular weight excluding hydrogens is 362 g/mol. The second-order valence-electron chi connectivity index (χ2n) is 6.51. The molecule has 0 fully saturated rings. The fourth-order valence-electron chi connectivity index (χ4n) is 2.85. The van der Waals surface area contributed by atoms with Gasteiger partial charge in [0.15, 0.2) is 0 Å². The van der Waals surface area contributed by atoms with Crippen molar-refractivity contribution >= 4 is 11.6 Å². The fourth-order valence-corrected chi connectivity index (χ4v) is 2.85. The third-order valence-corrected chi connectivity index (χ3v) is 4.33. The molecule has 0 heterocycles. The third kappa shape index (κ3) is 6.25. The van der Waals surface area contributed by atoms with Crippen LogP contribution in [-0.4, -0.2) is 19.1 Å². The van der Waals surface area contributed by atoms with Gasteiger partial charge in [-0.2, -0.15) is 0 Å². The lowest BCUT2D eigenvalue weighted by Crippen LogP contribution is -2.13. The number of ether oxygens (including phenoxy) is 2. The maximum Gasteiger partial charge on any atom is 0.255 e. The zero-order valence-electron chi connectivity index (χ0n) is 16.3. The highest BCUT2D eigenvalue weighted by Gasteiger charge is 2.10. The van der Waals surface area contributed by atoms with Gasteiger partial charge in [-0.3, -0.25) is 4.79 Å². The first-order valence-electron chi connectivity index (χ1n) is 9.67. The Balaban J connectivity index is 1.55. The molecule has 0 saturated heterocycles. The van der Waals surface area contributed by atoms with Crippen molar-refractivity contribution in [3.05, 3.63) is 103 Å². The number of rotatable bonds is 10. The molecule has 0 aromatic heterocycles. The van der Waals surface area contributed by atoms with Crippen LogP contribution in [0.1, 0.15) is 22.3 Å². The number of aryl methyl sites for hydroxylation is 1. The van der Waals surface area contributed by atoms with Crippen LogP contribution in [0.15, 0.2) is 91.5 Å². The Morgan fingerprint density at radius 2 is 1.62 bits per heavy atom. The molecule has 0 radical (unpaired) electrons. The molecule has 0 aliphatic heterocycles. The smallest absolute Gasteiger partial charge is 0.255 e. The third-order valence-electron chi connectivity index (χ3n) is 4.33. The van der Waals surface area contributed by atoms with Crippen LogP contribution in [0.25, 0.3) is 0 Å². The molecule has 0 bridgehead atoms. The topological polar surface area (TPSA) is 47.6 Å². The molecule has 0 spiro atoms. The average molecular weight is 387 g/mol. The van der Waals surface area contributed by atoms with Gasteiger partial charge < -0.3 is 14.8 Å². The van der Waals surface area contributed by atoms with E-state index < -0.39 is 0 Å². The number of nitrogens with one attached hydrogen (secondary N) is 1. The molecule has 0 unspecified atom stereocenters. The highest BCUT2D eigenvalue weighted by molar-refractivity contribution is 6.05. The summed E-state index contributed by atoms with van der Waals surface area (Å²) < 4.78 is 11.4. The van der Waals surface area contributed by atoms with Crippen molar-refractivity contribution in [2.24, 2.45) is 0 Å². The maximum atomic E-state index is 12.6. The van der Waals surface area contributed by atoms with E-state index in [2.05, 4.69) is 24.0 Å². The van der Waals surface area contributed by atoms with Crippen LogP contribution in [0.3, 0.4) is 0 Å². The number of benzene rings is 3. The Labute approximate surface area is 171 Å². The van der Waals surface area contributed by atoms with Gasteiger partial charge in [-0.25, -0.2) is 0 Å². The lowest BCUT2D eigenvalue weighted by molar-refractivity contribution is 0.102. The zero-order valence-corrected chi connectivity index (χ0v) is 16.3. The predicted octanol–water partition coefficient (Wildman–Crippen LogP) is 5.52. The molecule has 1 amide bonds. The monoisotopic (exact) mass is 387 g/mol. The Morgan fingerprint density at radius 3 is 2.38 bits per heavy atom. The number of amides is 1. The summed E-state index contributed by atoms with van der Waals surface area (Å²) in [6.07, 6.45) is 3.53. The molecule has 0 aliphatic rings. The van der Waals surface area contributed by atoms with Crippen LogP contribution in [0.4, 0.5) is 5.69 Å². The Morgan fingerprint density at radius 1 is 0.897 bits per heavy atom. The van der Waals surface area contributed by atoms with Gasteiger partial charge in [0.05, 0.1) is 12.3 Å². The second kappa shape index (κ2) is 10.7. The molecular formula is C25H25NO3. The highest BCUT2D eigenvalue weighted by Crippen LogP contribution is 2.25. The maximum absolute atomic E-state index is 12.6. The van der Waals surface area contributed by atoms with Gasteiger partial charge in [0, 0.05) is 5.56 Å². The Bertz CT molecular complexity index is 920. The van der Waals surface area contributed by atoms with Crippen LogP contribution in [0.5, 0.6) is 11.5 Å². The number of para-hydroxylation sites is 2. The molecule has 0 aliphatic carbocycles. The number of anilines is 1. The molecule has 0 saturated carbocycles. The number of carbonyl (C=O) groups excluding carboxylic acids is 1. The minimum Gasteiger partial charge on any atom is -0.491 e. The first-order chi connectivity index (χ1) is 14.3. The van der Waals surface area contributed by atoms with Crippen LogP contribution >= 0.6 is 0 Å². The number of carbonyl (C=O) groups is 1. The molecule has 3 aromatic carbocycles. The SMILES string of the molecule is C=CCOc1ccc(C(=O)Nc2ccccc2OCCCc2ccccc2)cc1. The first kappa shape index (κ1) is 20.2. The van der Waals surface area contributed by atoms with Crippen LogP contribution in [-0.2, 0) is 6.42 Å². The lowest BCUT2D eigenvalue weighted by Gasteiger charge is -2.13. The average Bonchev–Trinajstić information content (AvgIpc) is 2.77. The van der Waals surface area contributed by atoms with E-state index in [1.54, 1.807) is 30.3 Å². The van der Waals surface area contributed by atoms with E-state index >= 15 is 0 Å². The summed E-state index contributed by atoms with van der Waals surface area (Å²) in [5.74, 6) is 1.17. The summed E-state index contributed by atoms with van der Waals surface area (Å²) in [5, 5.41) is 2.93. The molecule has 3 rings (SSSR count). The second-order valence-corrected chi connectivity index (χ2v) is 6.51. The van der Waals surface area contributed by atoms with Crippen molar-refractivity contribution in [3.8, 4) is 11.5 Å². The van der Waals surface area contributed by atoms with Gasteiger partial charge in [0.25, 0.3) is 5.91 Å². The summed E-state index contributed by atoms with van der Waals surface area (Å²) in [4.78, 5) is 12.6. The van der Waals surface area contributed by atoms with Crippen molar-refractivity contribution in [1.82, 2.24) is 0 Å². The van der Waals surface area contributed by atoms with E-state index in [0.717, 1.165) is 12.8 Å². The van der Waals surface area contributed by atoms with Gasteiger partial charge in [0.1, 0.15) is 18.1 Å². The normalized spacial score (nSPS) is 10.2. The summed E-state index contributed by atoms with van der Waals surface area (Å²) in [6, 6.07) is 24.8. The molecule has 1 N–H and O–H groups in total. The van der Waals surface area contributed by atoms with E-state index in [9.17, 15) is 4.79 Å². The highest BCUT2D eigenvalue weighted by atomic mass is 16.5. The largest absolute Gasteiger partial charge is 0.491 e.